The van der Waals surface area contributed by atoms with Gasteiger partial charge in [-0.25, -0.2) is 4.98 Å². The largest absolute Gasteiger partial charge is 0.310 e. The number of rotatable bonds is 6. The fourth-order valence-corrected chi connectivity index (χ4v) is 3.68. The van der Waals surface area contributed by atoms with Crippen molar-refractivity contribution in [2.24, 2.45) is 0 Å². The number of fused-ring (bicyclic) bond motifs is 1. The van der Waals surface area contributed by atoms with Gasteiger partial charge < -0.3 is 5.32 Å². The quantitative estimate of drug-likeness (QED) is 0.643. The SMILES string of the molecule is C=C(CNC1CC1)CSc1nc2ccccc2s1. The van der Waals surface area contributed by atoms with E-state index in [-0.39, 0.29) is 0 Å². The molecule has 1 aliphatic carbocycles. The number of benzene rings is 1. The molecule has 1 aliphatic rings. The molecule has 0 amide bonds. The lowest BCUT2D eigenvalue weighted by atomic mass is 10.3. The molecule has 0 atom stereocenters. The first-order valence-electron chi connectivity index (χ1n) is 6.19. The number of para-hydroxylation sites is 1. The van der Waals surface area contributed by atoms with Crippen molar-refractivity contribution in [3.63, 3.8) is 0 Å². The van der Waals surface area contributed by atoms with Gasteiger partial charge in [-0.2, -0.15) is 0 Å². The van der Waals surface area contributed by atoms with Gasteiger partial charge in [0.25, 0.3) is 0 Å². The lowest BCUT2D eigenvalue weighted by Gasteiger charge is -2.04. The molecule has 1 N–H and O–H groups in total. The molecule has 2 nitrogen and oxygen atoms in total. The summed E-state index contributed by atoms with van der Waals surface area (Å²) in [5.74, 6) is 0.958. The summed E-state index contributed by atoms with van der Waals surface area (Å²) in [6, 6.07) is 9.05. The predicted molar refractivity (Wildman–Crippen MR) is 80.5 cm³/mol. The van der Waals surface area contributed by atoms with Gasteiger partial charge in [0.1, 0.15) is 0 Å². The molecule has 0 unspecified atom stereocenters. The Morgan fingerprint density at radius 1 is 1.44 bits per heavy atom. The molecule has 4 heteroatoms. The van der Waals surface area contributed by atoms with Crippen molar-refractivity contribution in [3.05, 3.63) is 36.4 Å². The van der Waals surface area contributed by atoms with Crippen LogP contribution in [-0.2, 0) is 0 Å². The summed E-state index contributed by atoms with van der Waals surface area (Å²) < 4.78 is 2.41. The molecule has 0 spiro atoms. The zero-order valence-electron chi connectivity index (χ0n) is 10.2. The Morgan fingerprint density at radius 2 is 2.28 bits per heavy atom. The monoisotopic (exact) mass is 276 g/mol. The molecule has 0 saturated heterocycles. The molecular formula is C14H16N2S2. The van der Waals surface area contributed by atoms with Gasteiger partial charge in [0.15, 0.2) is 4.34 Å². The summed E-state index contributed by atoms with van der Waals surface area (Å²) in [6.07, 6.45) is 2.66. The molecule has 1 saturated carbocycles. The van der Waals surface area contributed by atoms with E-state index in [4.69, 9.17) is 0 Å². The van der Waals surface area contributed by atoms with Crippen LogP contribution in [0.2, 0.25) is 0 Å². The maximum absolute atomic E-state index is 4.61. The minimum absolute atomic E-state index is 0.759. The average Bonchev–Trinajstić information content (AvgIpc) is 3.11. The summed E-state index contributed by atoms with van der Waals surface area (Å²) in [5.41, 5.74) is 2.36. The smallest absolute Gasteiger partial charge is 0.151 e. The van der Waals surface area contributed by atoms with Crippen LogP contribution in [0.5, 0.6) is 0 Å². The Hall–Kier alpha value is -0.840. The number of nitrogens with one attached hydrogen (secondary N) is 1. The maximum atomic E-state index is 4.61. The van der Waals surface area contributed by atoms with Crippen molar-refractivity contribution in [1.29, 1.82) is 0 Å². The Kier molecular flexibility index (Phi) is 3.68. The van der Waals surface area contributed by atoms with Crippen molar-refractivity contribution < 1.29 is 0 Å². The molecule has 0 bridgehead atoms. The highest BCUT2D eigenvalue weighted by Crippen LogP contribution is 2.30. The molecule has 18 heavy (non-hydrogen) atoms. The molecule has 2 aromatic rings. The van der Waals surface area contributed by atoms with Crippen LogP contribution in [0.3, 0.4) is 0 Å². The minimum atomic E-state index is 0.759. The van der Waals surface area contributed by atoms with Crippen LogP contribution in [-0.4, -0.2) is 23.3 Å². The van der Waals surface area contributed by atoms with Crippen LogP contribution >= 0.6 is 23.1 Å². The molecule has 3 rings (SSSR count). The third kappa shape index (κ3) is 3.13. The van der Waals surface area contributed by atoms with E-state index in [0.29, 0.717) is 0 Å². The van der Waals surface area contributed by atoms with E-state index in [1.54, 1.807) is 23.1 Å². The lowest BCUT2D eigenvalue weighted by Crippen LogP contribution is -2.19. The number of hydrogen-bond acceptors (Lipinski definition) is 4. The zero-order chi connectivity index (χ0) is 12.4. The first kappa shape index (κ1) is 12.2. The molecule has 0 aliphatic heterocycles. The van der Waals surface area contributed by atoms with Crippen molar-refractivity contribution in [2.45, 2.75) is 23.2 Å². The van der Waals surface area contributed by atoms with E-state index in [0.717, 1.165) is 28.2 Å². The van der Waals surface area contributed by atoms with Gasteiger partial charge in [0, 0.05) is 18.3 Å². The fraction of sp³-hybridized carbons (Fsp3) is 0.357. The van der Waals surface area contributed by atoms with Crippen LogP contribution in [0.4, 0.5) is 0 Å². The predicted octanol–water partition coefficient (Wildman–Crippen LogP) is 3.70. The van der Waals surface area contributed by atoms with E-state index < -0.39 is 0 Å². The van der Waals surface area contributed by atoms with Crippen LogP contribution in [0.25, 0.3) is 10.2 Å². The Morgan fingerprint density at radius 3 is 3.06 bits per heavy atom. The van der Waals surface area contributed by atoms with Crippen LogP contribution in [0, 0.1) is 0 Å². The van der Waals surface area contributed by atoms with Gasteiger partial charge in [-0.05, 0) is 25.0 Å². The summed E-state index contributed by atoms with van der Waals surface area (Å²) in [4.78, 5) is 4.61. The van der Waals surface area contributed by atoms with Crippen molar-refractivity contribution in [1.82, 2.24) is 10.3 Å². The van der Waals surface area contributed by atoms with Gasteiger partial charge in [-0.3, -0.25) is 0 Å². The second kappa shape index (κ2) is 5.43. The average molecular weight is 276 g/mol. The van der Waals surface area contributed by atoms with Crippen molar-refractivity contribution in [3.8, 4) is 0 Å². The van der Waals surface area contributed by atoms with Crippen LogP contribution in [0.15, 0.2) is 40.8 Å². The number of nitrogens with zero attached hydrogens (tertiary/aromatic N) is 1. The zero-order valence-corrected chi connectivity index (χ0v) is 11.8. The standard InChI is InChI=1S/C14H16N2S2/c1-10(8-15-11-6-7-11)9-17-14-16-12-4-2-3-5-13(12)18-14/h2-5,11,15H,1,6-9H2. The Labute approximate surface area is 116 Å². The molecule has 1 fully saturated rings. The molecule has 94 valence electrons. The normalized spacial score (nSPS) is 15.1. The molecule has 1 heterocycles. The van der Waals surface area contributed by atoms with E-state index in [1.807, 2.05) is 6.07 Å². The number of aromatic nitrogens is 1. The molecular weight excluding hydrogens is 260 g/mol. The van der Waals surface area contributed by atoms with Crippen LogP contribution < -0.4 is 5.32 Å². The van der Waals surface area contributed by atoms with Crippen molar-refractivity contribution in [2.75, 3.05) is 12.3 Å². The van der Waals surface area contributed by atoms with Gasteiger partial charge >= 0.3 is 0 Å². The third-order valence-electron chi connectivity index (χ3n) is 2.89. The lowest BCUT2D eigenvalue weighted by molar-refractivity contribution is 0.736. The highest BCUT2D eigenvalue weighted by atomic mass is 32.2. The van der Waals surface area contributed by atoms with Gasteiger partial charge in [0.05, 0.1) is 10.2 Å². The topological polar surface area (TPSA) is 24.9 Å². The van der Waals surface area contributed by atoms with E-state index in [2.05, 4.69) is 35.1 Å². The van der Waals surface area contributed by atoms with Gasteiger partial charge in [-0.1, -0.05) is 36.0 Å². The van der Waals surface area contributed by atoms with Gasteiger partial charge in [0.2, 0.25) is 0 Å². The summed E-state index contributed by atoms with van der Waals surface area (Å²) in [7, 11) is 0. The first-order valence-corrected chi connectivity index (χ1v) is 8.00. The summed E-state index contributed by atoms with van der Waals surface area (Å²) in [5, 5.41) is 3.49. The van der Waals surface area contributed by atoms with E-state index in [1.165, 1.54) is 23.1 Å². The number of thioether (sulfide) groups is 1. The van der Waals surface area contributed by atoms with E-state index in [9.17, 15) is 0 Å². The summed E-state index contributed by atoms with van der Waals surface area (Å²) >= 11 is 3.56. The number of thiazole rings is 1. The maximum Gasteiger partial charge on any atom is 0.151 e. The van der Waals surface area contributed by atoms with Crippen molar-refractivity contribution >= 4 is 33.3 Å². The fourth-order valence-electron chi connectivity index (χ4n) is 1.70. The molecule has 1 aromatic carbocycles. The second-order valence-corrected chi connectivity index (χ2v) is 6.89. The Balaban J connectivity index is 1.53. The minimum Gasteiger partial charge on any atom is -0.310 e. The van der Waals surface area contributed by atoms with Crippen LogP contribution in [0.1, 0.15) is 12.8 Å². The molecule has 1 aromatic heterocycles. The first-order chi connectivity index (χ1) is 8.81. The summed E-state index contributed by atoms with van der Waals surface area (Å²) in [6.45, 7) is 5.06. The Bertz CT molecular complexity index is 525. The highest BCUT2D eigenvalue weighted by Gasteiger charge is 2.20. The van der Waals surface area contributed by atoms with Gasteiger partial charge in [-0.15, -0.1) is 11.3 Å². The number of hydrogen-bond donors (Lipinski definition) is 1. The van der Waals surface area contributed by atoms with E-state index >= 15 is 0 Å². The third-order valence-corrected chi connectivity index (χ3v) is 5.22. The molecule has 0 radical (unpaired) electrons. The highest BCUT2D eigenvalue weighted by molar-refractivity contribution is 8.01. The second-order valence-electron chi connectivity index (χ2n) is 4.64.